The average Bonchev–Trinajstić information content (AvgIpc) is 2.37. The molecule has 1 amide bonds. The van der Waals surface area contributed by atoms with Crippen molar-refractivity contribution in [2.45, 2.75) is 33.2 Å². The quantitative estimate of drug-likeness (QED) is 0.897. The number of carbonyl (C=O) groups is 1. The fourth-order valence-corrected chi connectivity index (χ4v) is 3.51. The second-order valence-corrected chi connectivity index (χ2v) is 7.40. The minimum Gasteiger partial charge on any atom is -0.348 e. The van der Waals surface area contributed by atoms with Crippen molar-refractivity contribution in [3.05, 3.63) is 34.3 Å². The van der Waals surface area contributed by atoms with E-state index in [2.05, 4.69) is 40.0 Å². The van der Waals surface area contributed by atoms with Crippen LogP contribution in [0.1, 0.15) is 38.8 Å². The summed E-state index contributed by atoms with van der Waals surface area (Å²) in [4.78, 5) is 14.5. The van der Waals surface area contributed by atoms with E-state index in [9.17, 15) is 4.79 Å². The molecule has 1 saturated heterocycles. The zero-order valence-electron chi connectivity index (χ0n) is 13.1. The molecule has 2 rings (SSSR count). The van der Waals surface area contributed by atoms with Gasteiger partial charge in [0.25, 0.3) is 0 Å². The van der Waals surface area contributed by atoms with Crippen LogP contribution >= 0.6 is 15.9 Å². The van der Waals surface area contributed by atoms with Crippen molar-refractivity contribution in [3.63, 3.8) is 0 Å². The molecule has 0 aromatic heterocycles. The molecule has 1 aliphatic rings. The molecule has 21 heavy (non-hydrogen) atoms. The van der Waals surface area contributed by atoms with Gasteiger partial charge in [0.1, 0.15) is 0 Å². The highest BCUT2D eigenvalue weighted by molar-refractivity contribution is 9.10. The Morgan fingerprint density at radius 1 is 1.29 bits per heavy atom. The second kappa shape index (κ2) is 7.41. The molecule has 3 atom stereocenters. The number of carbonyl (C=O) groups excluding carboxylic acids is 1. The Bertz CT molecular complexity index is 464. The molecule has 0 radical (unpaired) electrons. The van der Waals surface area contributed by atoms with E-state index in [1.54, 1.807) is 0 Å². The molecule has 0 bridgehead atoms. The molecule has 0 unspecified atom stereocenters. The standard InChI is InChI=1S/C17H25BrN2O/c1-12-8-13(2)10-20(9-12)11-17(21)19-14(3)15-4-6-16(18)7-5-15/h4-7,12-14H,8-11H2,1-3H3,(H,19,21)/t12-,13-,14-/m0/s1. The van der Waals surface area contributed by atoms with Gasteiger partial charge in [-0.05, 0) is 42.9 Å². The van der Waals surface area contributed by atoms with Gasteiger partial charge in [-0.2, -0.15) is 0 Å². The molecule has 1 N–H and O–H groups in total. The molecular formula is C17H25BrN2O. The summed E-state index contributed by atoms with van der Waals surface area (Å²) >= 11 is 3.43. The van der Waals surface area contributed by atoms with Crippen molar-refractivity contribution in [2.24, 2.45) is 11.8 Å². The predicted molar refractivity (Wildman–Crippen MR) is 90.1 cm³/mol. The molecule has 0 aliphatic carbocycles. The lowest BCUT2D eigenvalue weighted by Crippen LogP contribution is -2.44. The van der Waals surface area contributed by atoms with Gasteiger partial charge < -0.3 is 5.32 Å². The molecule has 1 aromatic rings. The van der Waals surface area contributed by atoms with Crippen molar-refractivity contribution in [1.82, 2.24) is 10.2 Å². The molecule has 4 heteroatoms. The van der Waals surface area contributed by atoms with Crippen LogP contribution in [0.4, 0.5) is 0 Å². The van der Waals surface area contributed by atoms with Crippen LogP contribution in [0.15, 0.2) is 28.7 Å². The number of halogens is 1. The normalized spacial score (nSPS) is 24.6. The SMILES string of the molecule is C[C@H]1C[C@H](C)CN(CC(=O)N[C@@H](C)c2ccc(Br)cc2)C1. The molecule has 0 saturated carbocycles. The van der Waals surface area contributed by atoms with Crippen LogP contribution in [-0.4, -0.2) is 30.4 Å². The monoisotopic (exact) mass is 352 g/mol. The highest BCUT2D eigenvalue weighted by Gasteiger charge is 2.23. The Balaban J connectivity index is 1.85. The second-order valence-electron chi connectivity index (χ2n) is 6.48. The number of piperidine rings is 1. The molecule has 1 aliphatic heterocycles. The third-order valence-electron chi connectivity index (χ3n) is 4.06. The largest absolute Gasteiger partial charge is 0.348 e. The summed E-state index contributed by atoms with van der Waals surface area (Å²) < 4.78 is 1.06. The van der Waals surface area contributed by atoms with Gasteiger partial charge in [-0.15, -0.1) is 0 Å². The van der Waals surface area contributed by atoms with Crippen molar-refractivity contribution in [3.8, 4) is 0 Å². The van der Waals surface area contributed by atoms with Crippen molar-refractivity contribution < 1.29 is 4.79 Å². The van der Waals surface area contributed by atoms with Crippen LogP contribution in [0.25, 0.3) is 0 Å². The third-order valence-corrected chi connectivity index (χ3v) is 4.59. The van der Waals surface area contributed by atoms with Gasteiger partial charge in [0.15, 0.2) is 0 Å². The maximum Gasteiger partial charge on any atom is 0.234 e. The summed E-state index contributed by atoms with van der Waals surface area (Å²) in [6, 6.07) is 8.14. The Labute approximate surface area is 136 Å². The highest BCUT2D eigenvalue weighted by Crippen LogP contribution is 2.21. The van der Waals surface area contributed by atoms with E-state index in [0.29, 0.717) is 18.4 Å². The summed E-state index contributed by atoms with van der Waals surface area (Å²) in [6.07, 6.45) is 1.27. The first-order valence-corrected chi connectivity index (χ1v) is 8.50. The molecule has 0 spiro atoms. The van der Waals surface area contributed by atoms with E-state index in [-0.39, 0.29) is 11.9 Å². The van der Waals surface area contributed by atoms with Gasteiger partial charge in [-0.1, -0.05) is 41.9 Å². The number of hydrogen-bond acceptors (Lipinski definition) is 2. The van der Waals surface area contributed by atoms with Gasteiger partial charge in [0, 0.05) is 17.6 Å². The zero-order valence-corrected chi connectivity index (χ0v) is 14.7. The molecular weight excluding hydrogens is 328 g/mol. The van der Waals surface area contributed by atoms with E-state index in [0.717, 1.165) is 23.1 Å². The van der Waals surface area contributed by atoms with Crippen molar-refractivity contribution in [1.29, 1.82) is 0 Å². The van der Waals surface area contributed by atoms with E-state index in [4.69, 9.17) is 0 Å². The Kier molecular flexibility index (Phi) is 5.82. The molecule has 1 heterocycles. The van der Waals surface area contributed by atoms with Gasteiger partial charge in [0.2, 0.25) is 5.91 Å². The maximum absolute atomic E-state index is 12.2. The number of nitrogens with one attached hydrogen (secondary N) is 1. The first-order valence-electron chi connectivity index (χ1n) is 7.71. The average molecular weight is 353 g/mol. The van der Waals surface area contributed by atoms with Crippen LogP contribution in [-0.2, 0) is 4.79 Å². The number of nitrogens with zero attached hydrogens (tertiary/aromatic N) is 1. The summed E-state index contributed by atoms with van der Waals surface area (Å²) in [5.74, 6) is 1.49. The predicted octanol–water partition coefficient (Wildman–Crippen LogP) is 3.60. The van der Waals surface area contributed by atoms with Gasteiger partial charge >= 0.3 is 0 Å². The van der Waals surface area contributed by atoms with Crippen LogP contribution < -0.4 is 5.32 Å². The van der Waals surface area contributed by atoms with Crippen LogP contribution in [0, 0.1) is 11.8 Å². The fourth-order valence-electron chi connectivity index (χ4n) is 3.25. The van der Waals surface area contributed by atoms with E-state index >= 15 is 0 Å². The Hall–Kier alpha value is -0.870. The summed E-state index contributed by atoms with van der Waals surface area (Å²) in [7, 11) is 0. The third kappa shape index (κ3) is 5.11. The van der Waals surface area contributed by atoms with Gasteiger partial charge in [-0.3, -0.25) is 9.69 Å². The Morgan fingerprint density at radius 3 is 2.43 bits per heavy atom. The summed E-state index contributed by atoms with van der Waals surface area (Å²) in [5.41, 5.74) is 1.13. The maximum atomic E-state index is 12.2. The molecule has 3 nitrogen and oxygen atoms in total. The summed E-state index contributed by atoms with van der Waals surface area (Å²) in [6.45, 7) is 9.14. The zero-order chi connectivity index (χ0) is 15.4. The van der Waals surface area contributed by atoms with Crippen LogP contribution in [0.2, 0.25) is 0 Å². The smallest absolute Gasteiger partial charge is 0.234 e. The van der Waals surface area contributed by atoms with Crippen molar-refractivity contribution in [2.75, 3.05) is 19.6 Å². The van der Waals surface area contributed by atoms with E-state index in [1.807, 2.05) is 31.2 Å². The minimum atomic E-state index is 0.0465. The lowest BCUT2D eigenvalue weighted by atomic mass is 9.92. The van der Waals surface area contributed by atoms with Gasteiger partial charge in [0.05, 0.1) is 12.6 Å². The number of amides is 1. The fraction of sp³-hybridized carbons (Fsp3) is 0.588. The lowest BCUT2D eigenvalue weighted by Gasteiger charge is -2.34. The lowest BCUT2D eigenvalue weighted by molar-refractivity contribution is -0.123. The molecule has 1 aromatic carbocycles. The first kappa shape index (κ1) is 16.5. The number of hydrogen-bond donors (Lipinski definition) is 1. The van der Waals surface area contributed by atoms with Crippen molar-refractivity contribution >= 4 is 21.8 Å². The summed E-state index contributed by atoms with van der Waals surface area (Å²) in [5, 5.41) is 3.10. The topological polar surface area (TPSA) is 32.3 Å². The highest BCUT2D eigenvalue weighted by atomic mass is 79.9. The number of rotatable bonds is 4. The van der Waals surface area contributed by atoms with Crippen LogP contribution in [0.5, 0.6) is 0 Å². The van der Waals surface area contributed by atoms with Crippen LogP contribution in [0.3, 0.4) is 0 Å². The number of benzene rings is 1. The Morgan fingerprint density at radius 2 is 1.86 bits per heavy atom. The van der Waals surface area contributed by atoms with Gasteiger partial charge in [-0.25, -0.2) is 0 Å². The molecule has 116 valence electrons. The van der Waals surface area contributed by atoms with E-state index < -0.39 is 0 Å². The number of likely N-dealkylation sites (tertiary alicyclic amines) is 1. The minimum absolute atomic E-state index is 0.0465. The van der Waals surface area contributed by atoms with E-state index in [1.165, 1.54) is 6.42 Å². The first-order chi connectivity index (χ1) is 9.94. The molecule has 1 fully saturated rings.